The zero-order chi connectivity index (χ0) is 12.4. The van der Waals surface area contributed by atoms with Crippen LogP contribution in [0.5, 0.6) is 0 Å². The molecule has 0 unspecified atom stereocenters. The van der Waals surface area contributed by atoms with Gasteiger partial charge in [0.05, 0.1) is 4.47 Å². The first-order valence-electron chi connectivity index (χ1n) is 6.77. The second-order valence-corrected chi connectivity index (χ2v) is 6.23. The van der Waals surface area contributed by atoms with Crippen LogP contribution in [0.4, 0.5) is 5.95 Å². The molecule has 0 bridgehead atoms. The molecule has 1 aliphatic heterocycles. The number of hydrogen-bond donors (Lipinski definition) is 1. The molecule has 5 heteroatoms. The van der Waals surface area contributed by atoms with E-state index in [0.29, 0.717) is 6.04 Å². The minimum Gasteiger partial charge on any atom is -0.341 e. The third-order valence-corrected chi connectivity index (χ3v) is 4.19. The van der Waals surface area contributed by atoms with Crippen molar-refractivity contribution in [2.45, 2.75) is 31.7 Å². The highest BCUT2D eigenvalue weighted by atomic mass is 79.9. The summed E-state index contributed by atoms with van der Waals surface area (Å²) < 4.78 is 0.937. The maximum Gasteiger partial charge on any atom is 0.225 e. The first-order valence-corrected chi connectivity index (χ1v) is 7.56. The number of rotatable bonds is 4. The molecule has 1 N–H and O–H groups in total. The fourth-order valence-corrected chi connectivity index (χ4v) is 2.61. The molecule has 1 saturated carbocycles. The van der Waals surface area contributed by atoms with E-state index in [1.807, 2.05) is 12.4 Å². The number of hydrogen-bond acceptors (Lipinski definition) is 4. The Morgan fingerprint density at radius 1 is 1.17 bits per heavy atom. The van der Waals surface area contributed by atoms with Crippen molar-refractivity contribution in [2.24, 2.45) is 5.92 Å². The van der Waals surface area contributed by atoms with E-state index in [4.69, 9.17) is 0 Å². The highest BCUT2D eigenvalue weighted by Gasteiger charge is 2.24. The molecule has 1 aromatic rings. The van der Waals surface area contributed by atoms with Gasteiger partial charge in [0, 0.05) is 31.5 Å². The van der Waals surface area contributed by atoms with Gasteiger partial charge >= 0.3 is 0 Å². The Labute approximate surface area is 116 Å². The van der Waals surface area contributed by atoms with Crippen LogP contribution in [0.15, 0.2) is 16.9 Å². The van der Waals surface area contributed by atoms with Crippen LogP contribution in [0, 0.1) is 5.92 Å². The van der Waals surface area contributed by atoms with Crippen molar-refractivity contribution in [2.75, 3.05) is 24.5 Å². The maximum atomic E-state index is 4.36. The second kappa shape index (κ2) is 5.53. The summed E-state index contributed by atoms with van der Waals surface area (Å²) in [7, 11) is 0. The van der Waals surface area contributed by atoms with Gasteiger partial charge in [0.1, 0.15) is 0 Å². The molecule has 18 heavy (non-hydrogen) atoms. The summed E-state index contributed by atoms with van der Waals surface area (Å²) in [5.41, 5.74) is 0. The Kier molecular flexibility index (Phi) is 3.80. The average molecular weight is 311 g/mol. The van der Waals surface area contributed by atoms with Crippen LogP contribution in [0.3, 0.4) is 0 Å². The molecule has 4 nitrogen and oxygen atoms in total. The van der Waals surface area contributed by atoms with Gasteiger partial charge in [-0.1, -0.05) is 0 Å². The van der Waals surface area contributed by atoms with Crippen molar-refractivity contribution in [3.8, 4) is 0 Å². The molecule has 1 saturated heterocycles. The number of nitrogens with zero attached hydrogens (tertiary/aromatic N) is 3. The number of aromatic nitrogens is 2. The minimum absolute atomic E-state index is 0.692. The quantitative estimate of drug-likeness (QED) is 0.925. The smallest absolute Gasteiger partial charge is 0.225 e. The topological polar surface area (TPSA) is 41.1 Å². The normalized spacial score (nSPS) is 21.3. The van der Waals surface area contributed by atoms with Crippen LogP contribution in [-0.2, 0) is 0 Å². The molecule has 2 fully saturated rings. The number of nitrogens with one attached hydrogen (secondary N) is 1. The second-order valence-electron chi connectivity index (χ2n) is 5.31. The van der Waals surface area contributed by atoms with Crippen LogP contribution in [0.2, 0.25) is 0 Å². The maximum absolute atomic E-state index is 4.36. The van der Waals surface area contributed by atoms with Crippen LogP contribution in [-0.4, -0.2) is 35.6 Å². The number of anilines is 1. The van der Waals surface area contributed by atoms with Gasteiger partial charge in [0.25, 0.3) is 0 Å². The van der Waals surface area contributed by atoms with Crippen molar-refractivity contribution in [1.82, 2.24) is 15.3 Å². The Bertz CT molecular complexity index is 382. The lowest BCUT2D eigenvalue weighted by atomic mass is 10.1. The van der Waals surface area contributed by atoms with Crippen molar-refractivity contribution in [3.05, 3.63) is 16.9 Å². The lowest BCUT2D eigenvalue weighted by Crippen LogP contribution is -2.43. The van der Waals surface area contributed by atoms with Gasteiger partial charge in [0.2, 0.25) is 5.95 Å². The van der Waals surface area contributed by atoms with E-state index in [0.717, 1.165) is 29.4 Å². The number of piperidine rings is 1. The van der Waals surface area contributed by atoms with E-state index >= 15 is 0 Å². The van der Waals surface area contributed by atoms with E-state index in [-0.39, 0.29) is 0 Å². The zero-order valence-electron chi connectivity index (χ0n) is 10.5. The zero-order valence-corrected chi connectivity index (χ0v) is 12.1. The fraction of sp³-hybridized carbons (Fsp3) is 0.692. The summed E-state index contributed by atoms with van der Waals surface area (Å²) in [5, 5.41) is 3.69. The van der Waals surface area contributed by atoms with Crippen LogP contribution >= 0.6 is 15.9 Å². The third kappa shape index (κ3) is 3.20. The van der Waals surface area contributed by atoms with Crippen molar-refractivity contribution in [1.29, 1.82) is 0 Å². The molecule has 2 aliphatic rings. The molecule has 0 radical (unpaired) electrons. The van der Waals surface area contributed by atoms with Gasteiger partial charge in [0.15, 0.2) is 0 Å². The third-order valence-electron chi connectivity index (χ3n) is 3.78. The Hall–Kier alpha value is -0.680. The van der Waals surface area contributed by atoms with Gasteiger partial charge < -0.3 is 10.2 Å². The standard InChI is InChI=1S/C13H19BrN4/c14-11-8-16-13(17-9-11)18-5-3-12(4-6-18)15-7-10-1-2-10/h8-10,12,15H,1-7H2. The Balaban J connectivity index is 1.48. The summed E-state index contributed by atoms with van der Waals surface area (Å²) in [4.78, 5) is 11.0. The first kappa shape index (κ1) is 12.4. The largest absolute Gasteiger partial charge is 0.341 e. The monoisotopic (exact) mass is 310 g/mol. The molecule has 0 aromatic carbocycles. The lowest BCUT2D eigenvalue weighted by Gasteiger charge is -2.32. The van der Waals surface area contributed by atoms with E-state index < -0.39 is 0 Å². The Morgan fingerprint density at radius 2 is 1.83 bits per heavy atom. The van der Waals surface area contributed by atoms with Crippen LogP contribution in [0.1, 0.15) is 25.7 Å². The van der Waals surface area contributed by atoms with Gasteiger partial charge in [-0.15, -0.1) is 0 Å². The summed E-state index contributed by atoms with van der Waals surface area (Å²) in [6.45, 7) is 3.34. The molecule has 3 rings (SSSR count). The molecule has 1 aliphatic carbocycles. The van der Waals surface area contributed by atoms with E-state index in [9.17, 15) is 0 Å². The number of halogens is 1. The van der Waals surface area contributed by atoms with Crippen molar-refractivity contribution < 1.29 is 0 Å². The van der Waals surface area contributed by atoms with E-state index in [1.54, 1.807) is 0 Å². The predicted molar refractivity (Wildman–Crippen MR) is 75.7 cm³/mol. The molecule has 98 valence electrons. The summed E-state index contributed by atoms with van der Waals surface area (Å²) in [6.07, 6.45) is 8.90. The average Bonchev–Trinajstić information content (AvgIpc) is 3.22. The fourth-order valence-electron chi connectivity index (χ4n) is 2.41. The summed E-state index contributed by atoms with van der Waals surface area (Å²) in [5.74, 6) is 1.83. The van der Waals surface area contributed by atoms with Gasteiger partial charge in [-0.25, -0.2) is 9.97 Å². The highest BCUT2D eigenvalue weighted by molar-refractivity contribution is 9.10. The molecular weight excluding hydrogens is 292 g/mol. The van der Waals surface area contributed by atoms with Crippen molar-refractivity contribution in [3.63, 3.8) is 0 Å². The molecular formula is C13H19BrN4. The summed E-state index contributed by atoms with van der Waals surface area (Å²) >= 11 is 3.37. The van der Waals surface area contributed by atoms with Crippen LogP contribution < -0.4 is 10.2 Å². The molecule has 2 heterocycles. The van der Waals surface area contributed by atoms with E-state index in [1.165, 1.54) is 32.2 Å². The molecule has 1 aromatic heterocycles. The molecule has 0 amide bonds. The van der Waals surface area contributed by atoms with Crippen molar-refractivity contribution >= 4 is 21.9 Å². The minimum atomic E-state index is 0.692. The highest BCUT2D eigenvalue weighted by Crippen LogP contribution is 2.28. The predicted octanol–water partition coefficient (Wildman–Crippen LogP) is 2.21. The molecule has 0 spiro atoms. The van der Waals surface area contributed by atoms with Gasteiger partial charge in [-0.2, -0.15) is 0 Å². The molecule has 0 atom stereocenters. The van der Waals surface area contributed by atoms with Gasteiger partial charge in [-0.05, 0) is 54.1 Å². The SMILES string of the molecule is Brc1cnc(N2CCC(NCC3CC3)CC2)nc1. The Morgan fingerprint density at radius 3 is 2.44 bits per heavy atom. The first-order chi connectivity index (χ1) is 8.81. The summed E-state index contributed by atoms with van der Waals surface area (Å²) in [6, 6.07) is 0.692. The lowest BCUT2D eigenvalue weighted by molar-refractivity contribution is 0.406. The van der Waals surface area contributed by atoms with Crippen LogP contribution in [0.25, 0.3) is 0 Å². The van der Waals surface area contributed by atoms with Gasteiger partial charge in [-0.3, -0.25) is 0 Å². The van der Waals surface area contributed by atoms with E-state index in [2.05, 4.69) is 36.1 Å².